The number of anilines is 1. The van der Waals surface area contributed by atoms with E-state index in [9.17, 15) is 35.9 Å². The molecular formula is C25H16F6N4O2. The first-order valence-corrected chi connectivity index (χ1v) is 10.7. The summed E-state index contributed by atoms with van der Waals surface area (Å²) >= 11 is 0. The van der Waals surface area contributed by atoms with Crippen LogP contribution in [0.5, 0.6) is 0 Å². The number of rotatable bonds is 6. The second-order valence-corrected chi connectivity index (χ2v) is 8.04. The average Bonchev–Trinajstić information content (AvgIpc) is 2.89. The van der Waals surface area contributed by atoms with E-state index in [0.717, 1.165) is 36.5 Å². The van der Waals surface area contributed by atoms with E-state index < -0.39 is 54.4 Å². The van der Waals surface area contributed by atoms with Crippen LogP contribution >= 0.6 is 0 Å². The maximum Gasteiger partial charge on any atom is 0.287 e. The van der Waals surface area contributed by atoms with Gasteiger partial charge in [-0.1, -0.05) is 24.3 Å². The van der Waals surface area contributed by atoms with Crippen molar-refractivity contribution in [2.24, 2.45) is 0 Å². The van der Waals surface area contributed by atoms with Gasteiger partial charge in [0.25, 0.3) is 18.8 Å². The van der Waals surface area contributed by atoms with Gasteiger partial charge < -0.3 is 5.32 Å². The van der Waals surface area contributed by atoms with Crippen molar-refractivity contribution in [1.82, 2.24) is 9.88 Å². The quantitative estimate of drug-likeness (QED) is 0.345. The molecule has 0 fully saturated rings. The number of nitriles is 1. The van der Waals surface area contributed by atoms with Gasteiger partial charge in [-0.3, -0.25) is 19.5 Å². The van der Waals surface area contributed by atoms with Gasteiger partial charge in [0.1, 0.15) is 17.6 Å². The number of hydrogen-bond acceptors (Lipinski definition) is 4. The molecule has 0 saturated heterocycles. The van der Waals surface area contributed by atoms with Gasteiger partial charge in [-0.2, -0.15) is 5.26 Å². The maximum absolute atomic E-state index is 14.9. The molecule has 3 aromatic rings. The number of nitrogens with one attached hydrogen (secondary N) is 1. The monoisotopic (exact) mass is 518 g/mol. The summed E-state index contributed by atoms with van der Waals surface area (Å²) < 4.78 is 81.9. The molecule has 6 nitrogen and oxygen atoms in total. The molecule has 3 unspecified atom stereocenters. The molecule has 1 aliphatic heterocycles. The van der Waals surface area contributed by atoms with E-state index in [1.165, 1.54) is 24.3 Å². The minimum atomic E-state index is -3.65. The molecule has 2 amide bonds. The fourth-order valence-electron chi connectivity index (χ4n) is 4.21. The van der Waals surface area contributed by atoms with Crippen LogP contribution in [0.2, 0.25) is 0 Å². The summed E-state index contributed by atoms with van der Waals surface area (Å²) in [7, 11) is 0. The SMILES string of the molecule is N#Cc1cc(NC(=O)C2c3ccccc3C(=O)N(C(F)C(F)F)C2c2ccc(C(F)F)nc2)ccc1F. The second kappa shape index (κ2) is 10.3. The molecule has 0 bridgehead atoms. The smallest absolute Gasteiger partial charge is 0.287 e. The summed E-state index contributed by atoms with van der Waals surface area (Å²) in [6.45, 7) is 0. The van der Waals surface area contributed by atoms with Crippen LogP contribution in [0.1, 0.15) is 51.1 Å². The highest BCUT2D eigenvalue weighted by atomic mass is 19.3. The van der Waals surface area contributed by atoms with E-state index in [1.807, 2.05) is 0 Å². The molecular weight excluding hydrogens is 502 g/mol. The molecule has 12 heteroatoms. The predicted octanol–water partition coefficient (Wildman–Crippen LogP) is 5.51. The van der Waals surface area contributed by atoms with Gasteiger partial charge in [-0.25, -0.2) is 26.3 Å². The van der Waals surface area contributed by atoms with Crippen LogP contribution in [0.3, 0.4) is 0 Å². The molecule has 2 aromatic carbocycles. The lowest BCUT2D eigenvalue weighted by molar-refractivity contribution is -0.121. The largest absolute Gasteiger partial charge is 0.325 e. The van der Waals surface area contributed by atoms with Gasteiger partial charge in [-0.05, 0) is 41.5 Å². The van der Waals surface area contributed by atoms with Gasteiger partial charge >= 0.3 is 0 Å². The summed E-state index contributed by atoms with van der Waals surface area (Å²) in [5.74, 6) is -4.41. The summed E-state index contributed by atoms with van der Waals surface area (Å²) in [6.07, 6.45) is -8.89. The van der Waals surface area contributed by atoms with Crippen LogP contribution in [-0.2, 0) is 4.79 Å². The van der Waals surface area contributed by atoms with Crippen LogP contribution < -0.4 is 5.32 Å². The van der Waals surface area contributed by atoms with E-state index in [-0.39, 0.29) is 32.8 Å². The molecule has 190 valence electrons. The highest BCUT2D eigenvalue weighted by Gasteiger charge is 2.49. The van der Waals surface area contributed by atoms with Crippen molar-refractivity contribution in [2.45, 2.75) is 31.1 Å². The number of alkyl halides is 5. The first kappa shape index (κ1) is 25.7. The van der Waals surface area contributed by atoms with Gasteiger partial charge in [0.2, 0.25) is 12.2 Å². The summed E-state index contributed by atoms with van der Waals surface area (Å²) in [5, 5.41) is 11.5. The highest BCUT2D eigenvalue weighted by molar-refractivity contribution is 6.04. The van der Waals surface area contributed by atoms with Gasteiger partial charge in [0.05, 0.1) is 17.5 Å². The normalized spacial score (nSPS) is 17.9. The Morgan fingerprint density at radius 2 is 1.78 bits per heavy atom. The van der Waals surface area contributed by atoms with E-state index >= 15 is 0 Å². The van der Waals surface area contributed by atoms with Crippen molar-refractivity contribution in [2.75, 3.05) is 5.32 Å². The fourth-order valence-corrected chi connectivity index (χ4v) is 4.21. The molecule has 37 heavy (non-hydrogen) atoms. The van der Waals surface area contributed by atoms with Gasteiger partial charge in [0.15, 0.2) is 0 Å². The number of amides is 2. The van der Waals surface area contributed by atoms with Crippen molar-refractivity contribution in [3.05, 3.63) is 94.6 Å². The summed E-state index contributed by atoms with van der Waals surface area (Å²) in [5.41, 5.74) is -1.36. The van der Waals surface area contributed by atoms with Crippen LogP contribution in [0, 0.1) is 17.1 Å². The van der Waals surface area contributed by atoms with Crippen molar-refractivity contribution >= 4 is 17.5 Å². The first-order valence-electron chi connectivity index (χ1n) is 10.7. The van der Waals surface area contributed by atoms with Gasteiger partial charge in [0, 0.05) is 17.4 Å². The fraction of sp³-hybridized carbons (Fsp3) is 0.200. The lowest BCUT2D eigenvalue weighted by atomic mass is 9.79. The molecule has 3 atom stereocenters. The number of carbonyl (C=O) groups is 2. The van der Waals surface area contributed by atoms with E-state index in [0.29, 0.717) is 0 Å². The van der Waals surface area contributed by atoms with Crippen molar-refractivity contribution in [3.8, 4) is 6.07 Å². The lowest BCUT2D eigenvalue weighted by Crippen LogP contribution is -2.51. The molecule has 0 aliphatic carbocycles. The zero-order valence-electron chi connectivity index (χ0n) is 18.6. The summed E-state index contributed by atoms with van der Waals surface area (Å²) in [4.78, 5) is 30.5. The number of aromatic nitrogens is 1. The van der Waals surface area contributed by atoms with E-state index in [4.69, 9.17) is 5.26 Å². The molecule has 0 saturated carbocycles. The Morgan fingerprint density at radius 3 is 2.41 bits per heavy atom. The number of carbonyl (C=O) groups excluding carboxylic acids is 2. The number of hydrogen-bond donors (Lipinski definition) is 1. The van der Waals surface area contributed by atoms with Gasteiger partial charge in [-0.15, -0.1) is 0 Å². The molecule has 1 aliphatic rings. The lowest BCUT2D eigenvalue weighted by Gasteiger charge is -2.42. The maximum atomic E-state index is 14.9. The molecule has 1 aromatic heterocycles. The van der Waals surface area contributed by atoms with Crippen molar-refractivity contribution in [1.29, 1.82) is 5.26 Å². The number of pyridine rings is 1. The Labute approximate surface area is 206 Å². The predicted molar refractivity (Wildman–Crippen MR) is 118 cm³/mol. The van der Waals surface area contributed by atoms with E-state index in [1.54, 1.807) is 6.07 Å². The number of benzene rings is 2. The highest BCUT2D eigenvalue weighted by Crippen LogP contribution is 2.45. The third kappa shape index (κ3) is 4.84. The Balaban J connectivity index is 1.87. The van der Waals surface area contributed by atoms with Crippen LogP contribution in [-0.4, -0.2) is 34.4 Å². The summed E-state index contributed by atoms with van der Waals surface area (Å²) in [6, 6.07) is 10.4. The average molecular weight is 518 g/mol. The minimum Gasteiger partial charge on any atom is -0.325 e. The Morgan fingerprint density at radius 1 is 1.05 bits per heavy atom. The second-order valence-electron chi connectivity index (χ2n) is 8.04. The molecule has 2 heterocycles. The standard InChI is InChI=1S/C25H16F6N4O2/c26-17-7-6-14(9-13(17)10-32)34-24(36)19-15-3-1-2-4-16(15)25(37)35(23(31)22(29)30)20(19)12-5-8-18(21(27)28)33-11-12/h1-9,11,19-23H,(H,34,36). The molecule has 0 radical (unpaired) electrons. The topological polar surface area (TPSA) is 86.1 Å². The van der Waals surface area contributed by atoms with Crippen molar-refractivity contribution in [3.63, 3.8) is 0 Å². The molecule has 0 spiro atoms. The van der Waals surface area contributed by atoms with Crippen LogP contribution in [0.4, 0.5) is 32.0 Å². The zero-order valence-corrected chi connectivity index (χ0v) is 18.6. The number of halogens is 6. The third-order valence-electron chi connectivity index (χ3n) is 5.86. The molecule has 1 N–H and O–H groups in total. The minimum absolute atomic E-state index is 0.0283. The Kier molecular flexibility index (Phi) is 7.15. The zero-order chi connectivity index (χ0) is 26.9. The Hall–Kier alpha value is -4.40. The molecule has 4 rings (SSSR count). The van der Waals surface area contributed by atoms with Crippen molar-refractivity contribution < 1.29 is 35.9 Å². The number of fused-ring (bicyclic) bond motifs is 1. The van der Waals surface area contributed by atoms with Crippen LogP contribution in [0.15, 0.2) is 60.8 Å². The third-order valence-corrected chi connectivity index (χ3v) is 5.86. The first-order chi connectivity index (χ1) is 17.6. The van der Waals surface area contributed by atoms with E-state index in [2.05, 4.69) is 10.3 Å². The number of nitrogens with zero attached hydrogens (tertiary/aromatic N) is 3. The Bertz CT molecular complexity index is 1380. The van der Waals surface area contributed by atoms with Crippen LogP contribution in [0.25, 0.3) is 0 Å².